The number of benzene rings is 2. The van der Waals surface area contributed by atoms with Gasteiger partial charge in [-0.25, -0.2) is 8.78 Å². The maximum atomic E-state index is 13.8. The number of ether oxygens (including phenoxy) is 1. The molecule has 0 saturated carbocycles. The first-order valence-corrected chi connectivity index (χ1v) is 8.95. The molecule has 1 aliphatic heterocycles. The zero-order valence-corrected chi connectivity index (χ0v) is 15.0. The molecule has 142 valence electrons. The summed E-state index contributed by atoms with van der Waals surface area (Å²) in [4.78, 5) is 26.3. The number of esters is 1. The van der Waals surface area contributed by atoms with Crippen molar-refractivity contribution in [1.29, 1.82) is 0 Å². The van der Waals surface area contributed by atoms with Crippen LogP contribution < -0.4 is 0 Å². The topological polar surface area (TPSA) is 46.6 Å². The summed E-state index contributed by atoms with van der Waals surface area (Å²) in [5.74, 6) is -2.67. The van der Waals surface area contributed by atoms with Gasteiger partial charge in [0.1, 0.15) is 17.7 Å². The Bertz CT molecular complexity index is 817. The first-order valence-electron chi connectivity index (χ1n) is 8.95. The predicted octanol–water partition coefficient (Wildman–Crippen LogP) is 4.12. The van der Waals surface area contributed by atoms with Crippen molar-refractivity contribution >= 4 is 11.9 Å². The number of amides is 1. The molecule has 1 atom stereocenters. The maximum absolute atomic E-state index is 13.8. The number of rotatable bonds is 4. The molecule has 1 saturated heterocycles. The minimum Gasteiger partial charge on any atom is -0.458 e. The number of carbonyl (C=O) groups is 2. The molecule has 27 heavy (non-hydrogen) atoms. The number of likely N-dealkylation sites (tertiary alicyclic amines) is 1. The molecule has 3 rings (SSSR count). The van der Waals surface area contributed by atoms with Crippen LogP contribution in [0.15, 0.2) is 48.5 Å². The summed E-state index contributed by atoms with van der Waals surface area (Å²) < 4.78 is 32.4. The fraction of sp³-hybridized carbons (Fsp3) is 0.333. The first-order chi connectivity index (χ1) is 13.0. The largest absolute Gasteiger partial charge is 0.458 e. The van der Waals surface area contributed by atoms with E-state index in [0.29, 0.717) is 32.0 Å². The van der Waals surface area contributed by atoms with E-state index in [-0.39, 0.29) is 23.6 Å². The summed E-state index contributed by atoms with van der Waals surface area (Å²) in [6, 6.07) is 12.4. The Morgan fingerprint density at radius 2 is 1.74 bits per heavy atom. The Hall–Kier alpha value is -2.76. The first kappa shape index (κ1) is 19.0. The van der Waals surface area contributed by atoms with Crippen molar-refractivity contribution in [3.05, 3.63) is 71.3 Å². The molecule has 0 radical (unpaired) electrons. The van der Waals surface area contributed by atoms with Gasteiger partial charge in [0.05, 0.1) is 11.5 Å². The highest BCUT2D eigenvalue weighted by Gasteiger charge is 2.30. The van der Waals surface area contributed by atoms with Crippen molar-refractivity contribution in [1.82, 2.24) is 4.90 Å². The van der Waals surface area contributed by atoms with Gasteiger partial charge in [0.25, 0.3) is 5.91 Å². The molecule has 1 fully saturated rings. The maximum Gasteiger partial charge on any atom is 0.309 e. The van der Waals surface area contributed by atoms with E-state index in [9.17, 15) is 18.4 Å². The van der Waals surface area contributed by atoms with E-state index in [1.54, 1.807) is 0 Å². The summed E-state index contributed by atoms with van der Waals surface area (Å²) in [6.45, 7) is 2.48. The number of nitrogens with zero attached hydrogens (tertiary/aromatic N) is 1. The third-order valence-electron chi connectivity index (χ3n) is 4.84. The lowest BCUT2D eigenvalue weighted by molar-refractivity contribution is -0.155. The Labute approximate surface area is 156 Å². The fourth-order valence-electron chi connectivity index (χ4n) is 3.21. The van der Waals surface area contributed by atoms with Gasteiger partial charge < -0.3 is 9.64 Å². The lowest BCUT2D eigenvalue weighted by Gasteiger charge is -2.31. The highest BCUT2D eigenvalue weighted by Crippen LogP contribution is 2.24. The molecule has 2 aromatic rings. The van der Waals surface area contributed by atoms with E-state index in [1.165, 1.54) is 4.90 Å². The summed E-state index contributed by atoms with van der Waals surface area (Å²) in [5.41, 5.74) is 0.764. The van der Waals surface area contributed by atoms with Crippen molar-refractivity contribution in [3.63, 3.8) is 0 Å². The summed E-state index contributed by atoms with van der Waals surface area (Å²) in [5, 5.41) is 0. The highest BCUT2D eigenvalue weighted by molar-refractivity contribution is 5.94. The minimum absolute atomic E-state index is 0.157. The predicted molar refractivity (Wildman–Crippen MR) is 95.9 cm³/mol. The molecule has 0 spiro atoms. The summed E-state index contributed by atoms with van der Waals surface area (Å²) in [7, 11) is 0. The number of halogens is 2. The van der Waals surface area contributed by atoms with Crippen LogP contribution in [-0.2, 0) is 9.53 Å². The Morgan fingerprint density at radius 1 is 1.07 bits per heavy atom. The van der Waals surface area contributed by atoms with Gasteiger partial charge in [-0.3, -0.25) is 9.59 Å². The van der Waals surface area contributed by atoms with Crippen LogP contribution in [0.3, 0.4) is 0 Å². The molecule has 0 unspecified atom stereocenters. The standard InChI is InChI=1S/C21H21F2NO3/c1-14(15-5-3-2-4-6-15)27-21(26)16-9-11-24(12-10-16)20(25)18-8-7-17(22)13-19(18)23/h2-8,13-14,16H,9-12H2,1H3/t14-/m0/s1. The minimum atomic E-state index is -0.877. The van der Waals surface area contributed by atoms with Crippen molar-refractivity contribution in [3.8, 4) is 0 Å². The Morgan fingerprint density at radius 3 is 2.37 bits per heavy atom. The lowest BCUT2D eigenvalue weighted by atomic mass is 9.96. The van der Waals surface area contributed by atoms with Crippen molar-refractivity contribution < 1.29 is 23.1 Å². The fourth-order valence-corrected chi connectivity index (χ4v) is 3.21. The number of hydrogen-bond acceptors (Lipinski definition) is 3. The zero-order chi connectivity index (χ0) is 19.4. The van der Waals surface area contributed by atoms with Gasteiger partial charge in [0.2, 0.25) is 0 Å². The molecular formula is C21H21F2NO3. The van der Waals surface area contributed by atoms with Crippen LogP contribution >= 0.6 is 0 Å². The SMILES string of the molecule is C[C@H](OC(=O)C1CCN(C(=O)c2ccc(F)cc2F)CC1)c1ccccc1. The van der Waals surface area contributed by atoms with E-state index in [1.807, 2.05) is 37.3 Å². The van der Waals surface area contributed by atoms with Crippen molar-refractivity contribution in [2.75, 3.05) is 13.1 Å². The average Bonchev–Trinajstić information content (AvgIpc) is 2.68. The second-order valence-corrected chi connectivity index (χ2v) is 6.68. The van der Waals surface area contributed by atoms with Crippen LogP contribution in [0.5, 0.6) is 0 Å². The van der Waals surface area contributed by atoms with Gasteiger partial charge in [-0.15, -0.1) is 0 Å². The van der Waals surface area contributed by atoms with Gasteiger partial charge in [-0.1, -0.05) is 30.3 Å². The molecule has 4 nitrogen and oxygen atoms in total. The van der Waals surface area contributed by atoms with E-state index in [4.69, 9.17) is 4.74 Å². The van der Waals surface area contributed by atoms with Crippen molar-refractivity contribution in [2.24, 2.45) is 5.92 Å². The third-order valence-corrected chi connectivity index (χ3v) is 4.84. The van der Waals surface area contributed by atoms with E-state index in [0.717, 1.165) is 17.7 Å². The van der Waals surface area contributed by atoms with Crippen LogP contribution in [0.1, 0.15) is 41.8 Å². The number of hydrogen-bond donors (Lipinski definition) is 0. The molecule has 0 aliphatic carbocycles. The Balaban J connectivity index is 1.55. The lowest BCUT2D eigenvalue weighted by Crippen LogP contribution is -2.41. The molecule has 0 N–H and O–H groups in total. The number of carbonyl (C=O) groups excluding carboxylic acids is 2. The van der Waals surface area contributed by atoms with Crippen LogP contribution in [0.4, 0.5) is 8.78 Å². The Kier molecular flexibility index (Phi) is 5.84. The molecular weight excluding hydrogens is 352 g/mol. The second-order valence-electron chi connectivity index (χ2n) is 6.68. The normalized spacial score (nSPS) is 16.0. The van der Waals surface area contributed by atoms with E-state index in [2.05, 4.69) is 0 Å². The summed E-state index contributed by atoms with van der Waals surface area (Å²) in [6.07, 6.45) is 0.565. The quantitative estimate of drug-likeness (QED) is 0.758. The average molecular weight is 373 g/mol. The smallest absolute Gasteiger partial charge is 0.309 e. The molecule has 0 bridgehead atoms. The van der Waals surface area contributed by atoms with Gasteiger partial charge in [0, 0.05) is 19.2 Å². The molecule has 0 aromatic heterocycles. The van der Waals surface area contributed by atoms with Crippen LogP contribution in [0, 0.1) is 17.6 Å². The van der Waals surface area contributed by atoms with E-state index >= 15 is 0 Å². The zero-order valence-electron chi connectivity index (χ0n) is 15.0. The molecule has 1 aliphatic rings. The highest BCUT2D eigenvalue weighted by atomic mass is 19.1. The van der Waals surface area contributed by atoms with Crippen LogP contribution in [-0.4, -0.2) is 29.9 Å². The van der Waals surface area contributed by atoms with Gasteiger partial charge in [-0.05, 0) is 37.5 Å². The number of piperidine rings is 1. The van der Waals surface area contributed by atoms with Gasteiger partial charge >= 0.3 is 5.97 Å². The van der Waals surface area contributed by atoms with Gasteiger partial charge in [0.15, 0.2) is 0 Å². The van der Waals surface area contributed by atoms with Crippen LogP contribution in [0.2, 0.25) is 0 Å². The van der Waals surface area contributed by atoms with Crippen molar-refractivity contribution in [2.45, 2.75) is 25.9 Å². The van der Waals surface area contributed by atoms with E-state index < -0.39 is 17.5 Å². The molecule has 1 heterocycles. The second kappa shape index (κ2) is 8.29. The molecule has 2 aromatic carbocycles. The third kappa shape index (κ3) is 4.51. The van der Waals surface area contributed by atoms with Gasteiger partial charge in [-0.2, -0.15) is 0 Å². The molecule has 6 heteroatoms. The monoisotopic (exact) mass is 373 g/mol. The van der Waals surface area contributed by atoms with Crippen LogP contribution in [0.25, 0.3) is 0 Å². The molecule has 1 amide bonds. The summed E-state index contributed by atoms with van der Waals surface area (Å²) >= 11 is 0.